The van der Waals surface area contributed by atoms with E-state index in [-0.39, 0.29) is 24.5 Å². The number of hydrogen-bond donors (Lipinski definition) is 3. The Hall–Kier alpha value is -2.18. The van der Waals surface area contributed by atoms with E-state index in [0.29, 0.717) is 6.42 Å². The number of nitrogens with zero attached hydrogens (tertiary/aromatic N) is 1. The zero-order chi connectivity index (χ0) is 16.0. The number of ketones is 1. The number of amides is 1. The van der Waals surface area contributed by atoms with Crippen LogP contribution in [0, 0.1) is 5.41 Å². The second-order valence-corrected chi connectivity index (χ2v) is 5.70. The Labute approximate surface area is 123 Å². The van der Waals surface area contributed by atoms with Crippen molar-refractivity contribution in [2.45, 2.75) is 46.1 Å². The Morgan fingerprint density at radius 3 is 2.57 bits per heavy atom. The third kappa shape index (κ3) is 5.37. The van der Waals surface area contributed by atoms with Gasteiger partial charge in [-0.15, -0.1) is 0 Å². The van der Waals surface area contributed by atoms with Crippen molar-refractivity contribution < 1.29 is 19.5 Å². The van der Waals surface area contributed by atoms with E-state index in [2.05, 4.69) is 15.3 Å². The molecule has 21 heavy (non-hydrogen) atoms. The van der Waals surface area contributed by atoms with Crippen molar-refractivity contribution in [2.24, 2.45) is 5.41 Å². The zero-order valence-electron chi connectivity index (χ0n) is 12.5. The number of imidazole rings is 1. The van der Waals surface area contributed by atoms with Crippen LogP contribution < -0.4 is 5.32 Å². The van der Waals surface area contributed by atoms with Gasteiger partial charge in [0.2, 0.25) is 5.91 Å². The van der Waals surface area contributed by atoms with E-state index >= 15 is 0 Å². The van der Waals surface area contributed by atoms with Crippen LogP contribution in [0.1, 0.15) is 39.3 Å². The van der Waals surface area contributed by atoms with Gasteiger partial charge in [0.1, 0.15) is 0 Å². The lowest BCUT2D eigenvalue weighted by atomic mass is 9.88. The minimum absolute atomic E-state index is 0.0616. The highest BCUT2D eigenvalue weighted by atomic mass is 16.4. The quantitative estimate of drug-likeness (QED) is 0.660. The maximum Gasteiger partial charge on any atom is 0.309 e. The first kappa shape index (κ1) is 16.9. The molecule has 1 unspecified atom stereocenters. The fraction of sp³-hybridized carbons (Fsp3) is 0.571. The predicted molar refractivity (Wildman–Crippen MR) is 75.6 cm³/mol. The van der Waals surface area contributed by atoms with Crippen LogP contribution in [0.5, 0.6) is 0 Å². The van der Waals surface area contributed by atoms with Gasteiger partial charge in [-0.2, -0.15) is 0 Å². The van der Waals surface area contributed by atoms with Gasteiger partial charge in [-0.25, -0.2) is 4.98 Å². The Morgan fingerprint density at radius 2 is 2.10 bits per heavy atom. The maximum absolute atomic E-state index is 11.9. The van der Waals surface area contributed by atoms with Gasteiger partial charge in [0, 0.05) is 24.7 Å². The van der Waals surface area contributed by atoms with E-state index < -0.39 is 17.4 Å². The predicted octanol–water partition coefficient (Wildman–Crippen LogP) is 0.917. The fourth-order valence-corrected chi connectivity index (χ4v) is 1.71. The lowest BCUT2D eigenvalue weighted by Gasteiger charge is -2.20. The molecule has 0 saturated heterocycles. The number of carboxylic acid groups (broad SMARTS) is 1. The van der Waals surface area contributed by atoms with E-state index in [9.17, 15) is 14.4 Å². The molecule has 0 bridgehead atoms. The van der Waals surface area contributed by atoms with Crippen molar-refractivity contribution in [2.75, 3.05) is 0 Å². The standard InChI is InChI=1S/C14H21N3O4/c1-9(18)11(6-10-7-15-8-16-10)17-12(19)4-5-14(2,3)13(20)21/h7-8,11H,4-6H2,1-3H3,(H,15,16)(H,17,19)(H,20,21). The van der Waals surface area contributed by atoms with Crippen LogP contribution in [-0.2, 0) is 20.8 Å². The van der Waals surface area contributed by atoms with E-state index in [4.69, 9.17) is 5.11 Å². The number of hydrogen-bond acceptors (Lipinski definition) is 4. The maximum atomic E-state index is 11.9. The molecule has 0 fully saturated rings. The third-order valence-electron chi connectivity index (χ3n) is 3.36. The molecule has 1 heterocycles. The summed E-state index contributed by atoms with van der Waals surface area (Å²) >= 11 is 0. The van der Waals surface area contributed by atoms with Crippen molar-refractivity contribution in [1.29, 1.82) is 0 Å². The van der Waals surface area contributed by atoms with Gasteiger partial charge < -0.3 is 15.4 Å². The molecule has 1 aromatic rings. The van der Waals surface area contributed by atoms with Crippen molar-refractivity contribution in [1.82, 2.24) is 15.3 Å². The lowest BCUT2D eigenvalue weighted by Crippen LogP contribution is -2.42. The number of nitrogens with one attached hydrogen (secondary N) is 2. The summed E-state index contributed by atoms with van der Waals surface area (Å²) in [6.45, 7) is 4.54. The number of carbonyl (C=O) groups is 3. The van der Waals surface area contributed by atoms with Gasteiger partial charge in [-0.05, 0) is 27.2 Å². The molecular weight excluding hydrogens is 274 g/mol. The van der Waals surface area contributed by atoms with Gasteiger partial charge in [0.15, 0.2) is 5.78 Å². The smallest absolute Gasteiger partial charge is 0.309 e. The van der Waals surface area contributed by atoms with Crippen molar-refractivity contribution in [3.05, 3.63) is 18.2 Å². The number of H-pyrrole nitrogens is 1. The number of rotatable bonds is 8. The molecule has 0 aliphatic carbocycles. The summed E-state index contributed by atoms with van der Waals surface area (Å²) < 4.78 is 0. The molecule has 7 nitrogen and oxygen atoms in total. The highest BCUT2D eigenvalue weighted by Gasteiger charge is 2.28. The Morgan fingerprint density at radius 1 is 1.43 bits per heavy atom. The Bertz CT molecular complexity index is 508. The zero-order valence-corrected chi connectivity index (χ0v) is 12.5. The molecule has 1 amide bonds. The molecule has 7 heteroatoms. The van der Waals surface area contributed by atoms with Crippen LogP contribution in [0.2, 0.25) is 0 Å². The van der Waals surface area contributed by atoms with Crippen LogP contribution in [0.15, 0.2) is 12.5 Å². The van der Waals surface area contributed by atoms with Crippen LogP contribution in [0.25, 0.3) is 0 Å². The van der Waals surface area contributed by atoms with E-state index in [0.717, 1.165) is 5.69 Å². The fourth-order valence-electron chi connectivity index (χ4n) is 1.71. The monoisotopic (exact) mass is 295 g/mol. The molecule has 0 radical (unpaired) electrons. The van der Waals surface area contributed by atoms with Gasteiger partial charge in [0.05, 0.1) is 17.8 Å². The van der Waals surface area contributed by atoms with Crippen molar-refractivity contribution >= 4 is 17.7 Å². The second kappa shape index (κ2) is 7.01. The summed E-state index contributed by atoms with van der Waals surface area (Å²) in [5, 5.41) is 11.6. The summed E-state index contributed by atoms with van der Waals surface area (Å²) in [5.74, 6) is -1.43. The summed E-state index contributed by atoms with van der Waals surface area (Å²) in [7, 11) is 0. The molecule has 0 aliphatic heterocycles. The summed E-state index contributed by atoms with van der Waals surface area (Å²) in [5.41, 5.74) is -0.215. The van der Waals surface area contributed by atoms with Gasteiger partial charge in [-0.3, -0.25) is 14.4 Å². The van der Waals surface area contributed by atoms with E-state index in [1.54, 1.807) is 20.0 Å². The van der Waals surface area contributed by atoms with Gasteiger partial charge in [-0.1, -0.05) is 0 Å². The molecule has 1 atom stereocenters. The van der Waals surface area contributed by atoms with Crippen LogP contribution in [-0.4, -0.2) is 38.8 Å². The normalized spacial score (nSPS) is 12.7. The topological polar surface area (TPSA) is 112 Å². The van der Waals surface area contributed by atoms with Crippen molar-refractivity contribution in [3.8, 4) is 0 Å². The van der Waals surface area contributed by atoms with Gasteiger partial charge in [0.25, 0.3) is 0 Å². The Kier molecular flexibility index (Phi) is 5.63. The molecule has 1 aromatic heterocycles. The molecule has 0 aromatic carbocycles. The first-order chi connectivity index (χ1) is 9.72. The molecule has 3 N–H and O–H groups in total. The van der Waals surface area contributed by atoms with Gasteiger partial charge >= 0.3 is 5.97 Å². The number of Topliss-reactive ketones (excluding diaryl/α,β-unsaturated/α-hetero) is 1. The summed E-state index contributed by atoms with van der Waals surface area (Å²) in [4.78, 5) is 41.2. The SMILES string of the molecule is CC(=O)C(Cc1cnc[nH]1)NC(=O)CCC(C)(C)C(=O)O. The lowest BCUT2D eigenvalue weighted by molar-refractivity contribution is -0.147. The summed E-state index contributed by atoms with van der Waals surface area (Å²) in [6, 6.07) is -0.633. The molecule has 1 rings (SSSR count). The number of aliphatic carboxylic acids is 1. The van der Waals surface area contributed by atoms with Crippen LogP contribution in [0.3, 0.4) is 0 Å². The van der Waals surface area contributed by atoms with E-state index in [1.807, 2.05) is 0 Å². The molecule has 0 aliphatic rings. The average Bonchev–Trinajstić information content (AvgIpc) is 2.88. The third-order valence-corrected chi connectivity index (χ3v) is 3.36. The molecule has 0 saturated carbocycles. The first-order valence-corrected chi connectivity index (χ1v) is 6.73. The number of aromatic amines is 1. The highest BCUT2D eigenvalue weighted by Crippen LogP contribution is 2.22. The molecule has 0 spiro atoms. The average molecular weight is 295 g/mol. The second-order valence-electron chi connectivity index (χ2n) is 5.70. The minimum Gasteiger partial charge on any atom is -0.481 e. The molecule has 116 valence electrons. The minimum atomic E-state index is -0.966. The number of carboxylic acids is 1. The highest BCUT2D eigenvalue weighted by molar-refractivity contribution is 5.87. The molecular formula is C14H21N3O4. The van der Waals surface area contributed by atoms with Crippen LogP contribution in [0.4, 0.5) is 0 Å². The van der Waals surface area contributed by atoms with Crippen LogP contribution >= 0.6 is 0 Å². The largest absolute Gasteiger partial charge is 0.481 e. The summed E-state index contributed by atoms with van der Waals surface area (Å²) in [6.07, 6.45) is 3.71. The van der Waals surface area contributed by atoms with Crippen molar-refractivity contribution in [3.63, 3.8) is 0 Å². The number of aromatic nitrogens is 2. The number of carbonyl (C=O) groups excluding carboxylic acids is 2. The Balaban J connectivity index is 2.53. The first-order valence-electron chi connectivity index (χ1n) is 6.73. The van der Waals surface area contributed by atoms with E-state index in [1.165, 1.54) is 13.3 Å².